The van der Waals surface area contributed by atoms with Gasteiger partial charge in [0.15, 0.2) is 0 Å². The van der Waals surface area contributed by atoms with Crippen LogP contribution in [-0.4, -0.2) is 19.0 Å². The van der Waals surface area contributed by atoms with Gasteiger partial charge in [-0.25, -0.2) is 0 Å². The quantitative estimate of drug-likeness (QED) is 0.172. The average molecular weight is 441 g/mol. The van der Waals surface area contributed by atoms with Crippen LogP contribution in [0.25, 0.3) is 0 Å². The first-order valence-electron chi connectivity index (χ1n) is 13.3. The fourth-order valence-electron chi connectivity index (χ4n) is 3.91. The van der Waals surface area contributed by atoms with Crippen LogP contribution in [0.4, 0.5) is 11.4 Å². The number of hydrogen-bond acceptors (Lipinski definition) is 2. The Balaban J connectivity index is 2.00. The van der Waals surface area contributed by atoms with Crippen molar-refractivity contribution >= 4 is 17.3 Å². The molecule has 180 valence electrons. The minimum atomic E-state index is 0.124. The molecule has 0 radical (unpaired) electrons. The summed E-state index contributed by atoms with van der Waals surface area (Å²) in [4.78, 5) is 14.5. The standard InChI is InChI=1S/C29H48N2O/c1-4-7-8-9-10-11-12-13-14-15-16-17-18-19-20-21-22-29(32)30-27-23-25-28(26-24-27)31(5-2)6-3/h13,15,23-26H,4-12,16-22H2,1-3H3,(H,30,32). The molecule has 1 N–H and O–H groups in total. The Labute approximate surface area is 198 Å². The third-order valence-electron chi connectivity index (χ3n) is 5.97. The number of hydrogen-bond donors (Lipinski definition) is 1. The lowest BCUT2D eigenvalue weighted by molar-refractivity contribution is -0.116. The number of anilines is 2. The Morgan fingerprint density at radius 3 is 1.88 bits per heavy atom. The fourth-order valence-corrected chi connectivity index (χ4v) is 3.91. The van der Waals surface area contributed by atoms with E-state index in [1.54, 1.807) is 0 Å². The zero-order valence-corrected chi connectivity index (χ0v) is 21.1. The molecule has 0 saturated heterocycles. The molecule has 0 aliphatic rings. The minimum absolute atomic E-state index is 0.124. The monoisotopic (exact) mass is 440 g/mol. The van der Waals surface area contributed by atoms with Gasteiger partial charge in [0.2, 0.25) is 5.91 Å². The summed E-state index contributed by atoms with van der Waals surface area (Å²) in [6.45, 7) is 8.57. The number of rotatable bonds is 19. The van der Waals surface area contributed by atoms with E-state index in [4.69, 9.17) is 0 Å². The van der Waals surface area contributed by atoms with Crippen LogP contribution < -0.4 is 10.2 Å². The van der Waals surface area contributed by atoms with Crippen molar-refractivity contribution in [3.05, 3.63) is 42.1 Å². The van der Waals surface area contributed by atoms with Crippen LogP contribution in [0, 0.1) is 0 Å². The highest BCUT2D eigenvalue weighted by Crippen LogP contribution is 2.18. The molecule has 1 aromatic rings. The number of unbranched alkanes of at least 4 members (excludes halogenated alkanes) is 11. The van der Waals surface area contributed by atoms with Crippen LogP contribution in [0.3, 0.4) is 0 Å². The molecule has 1 rings (SSSR count). The molecule has 3 nitrogen and oxygen atoms in total. The van der Waals surface area contributed by atoms with Crippen molar-refractivity contribution in [2.24, 2.45) is 0 Å². The van der Waals surface area contributed by atoms with E-state index >= 15 is 0 Å². The highest BCUT2D eigenvalue weighted by molar-refractivity contribution is 5.90. The van der Waals surface area contributed by atoms with E-state index in [9.17, 15) is 4.79 Å². The van der Waals surface area contributed by atoms with Crippen LogP contribution >= 0.6 is 0 Å². The number of amides is 1. The largest absolute Gasteiger partial charge is 0.372 e. The van der Waals surface area contributed by atoms with Gasteiger partial charge in [0.1, 0.15) is 0 Å². The molecule has 0 heterocycles. The van der Waals surface area contributed by atoms with Gasteiger partial charge in [-0.05, 0) is 82.4 Å². The SMILES string of the molecule is CCCCCCCCC=C=CCCCCCCCC(=O)Nc1ccc(N(CC)CC)cc1. The van der Waals surface area contributed by atoms with Crippen molar-refractivity contribution in [3.8, 4) is 0 Å². The van der Waals surface area contributed by atoms with Crippen molar-refractivity contribution in [2.75, 3.05) is 23.3 Å². The van der Waals surface area contributed by atoms with E-state index < -0.39 is 0 Å². The van der Waals surface area contributed by atoms with Gasteiger partial charge >= 0.3 is 0 Å². The normalized spacial score (nSPS) is 10.5. The van der Waals surface area contributed by atoms with Gasteiger partial charge in [0.05, 0.1) is 0 Å². The number of benzene rings is 1. The van der Waals surface area contributed by atoms with Gasteiger partial charge in [-0.3, -0.25) is 4.79 Å². The number of nitrogens with zero attached hydrogens (tertiary/aromatic N) is 1. The Bertz CT molecular complexity index is 640. The van der Waals surface area contributed by atoms with Gasteiger partial charge in [0.25, 0.3) is 0 Å². The zero-order valence-electron chi connectivity index (χ0n) is 21.1. The number of nitrogens with one attached hydrogen (secondary N) is 1. The second kappa shape index (κ2) is 19.7. The second-order valence-electron chi connectivity index (χ2n) is 8.71. The van der Waals surface area contributed by atoms with E-state index in [0.717, 1.165) is 38.0 Å². The van der Waals surface area contributed by atoms with Gasteiger partial charge in [-0.1, -0.05) is 58.3 Å². The molecule has 0 spiro atoms. The molecule has 0 atom stereocenters. The molecule has 1 amide bonds. The number of allylic oxidation sites excluding steroid dienone is 1. The lowest BCUT2D eigenvalue weighted by Gasteiger charge is -2.21. The van der Waals surface area contributed by atoms with E-state index in [1.807, 2.05) is 12.1 Å². The van der Waals surface area contributed by atoms with Gasteiger partial charge in [-0.2, -0.15) is 0 Å². The predicted molar refractivity (Wildman–Crippen MR) is 142 cm³/mol. The molecule has 3 heteroatoms. The molecular formula is C29H48N2O. The molecule has 0 aromatic heterocycles. The first-order valence-corrected chi connectivity index (χ1v) is 13.3. The summed E-state index contributed by atoms with van der Waals surface area (Å²) in [5.41, 5.74) is 5.43. The smallest absolute Gasteiger partial charge is 0.224 e. The Morgan fingerprint density at radius 2 is 1.31 bits per heavy atom. The van der Waals surface area contributed by atoms with E-state index in [1.165, 1.54) is 69.9 Å². The molecule has 0 aliphatic heterocycles. The first-order chi connectivity index (χ1) is 15.7. The summed E-state index contributed by atoms with van der Waals surface area (Å²) >= 11 is 0. The van der Waals surface area contributed by atoms with E-state index in [2.05, 4.69) is 61.0 Å². The Hall–Kier alpha value is -1.99. The minimum Gasteiger partial charge on any atom is -0.372 e. The number of carbonyl (C=O) groups excluding carboxylic acids is 1. The number of carbonyl (C=O) groups is 1. The summed E-state index contributed by atoms with van der Waals surface area (Å²) in [6, 6.07) is 8.17. The van der Waals surface area contributed by atoms with E-state index in [-0.39, 0.29) is 5.91 Å². The summed E-state index contributed by atoms with van der Waals surface area (Å²) in [7, 11) is 0. The van der Waals surface area contributed by atoms with Crippen LogP contribution in [0.5, 0.6) is 0 Å². The maximum absolute atomic E-state index is 12.2. The highest BCUT2D eigenvalue weighted by atomic mass is 16.1. The topological polar surface area (TPSA) is 32.3 Å². The zero-order chi connectivity index (χ0) is 23.3. The molecule has 1 aromatic carbocycles. The molecule has 0 unspecified atom stereocenters. The molecule has 0 fully saturated rings. The molecule has 0 aliphatic carbocycles. The molecular weight excluding hydrogens is 392 g/mol. The van der Waals surface area contributed by atoms with Crippen molar-refractivity contribution in [2.45, 2.75) is 111 Å². The fraction of sp³-hybridized carbons (Fsp3) is 0.655. The van der Waals surface area contributed by atoms with Crippen LogP contribution in [0.2, 0.25) is 0 Å². The molecule has 0 bridgehead atoms. The Morgan fingerprint density at radius 1 is 0.781 bits per heavy atom. The predicted octanol–water partition coefficient (Wildman–Crippen LogP) is 8.66. The summed E-state index contributed by atoms with van der Waals surface area (Å²) in [5, 5.41) is 3.02. The van der Waals surface area contributed by atoms with Crippen molar-refractivity contribution in [1.82, 2.24) is 0 Å². The van der Waals surface area contributed by atoms with Crippen molar-refractivity contribution in [1.29, 1.82) is 0 Å². The maximum atomic E-state index is 12.2. The highest BCUT2D eigenvalue weighted by Gasteiger charge is 2.04. The van der Waals surface area contributed by atoms with Crippen molar-refractivity contribution < 1.29 is 4.79 Å². The molecule has 0 saturated carbocycles. The average Bonchev–Trinajstić information content (AvgIpc) is 2.80. The third kappa shape index (κ3) is 14.1. The van der Waals surface area contributed by atoms with Gasteiger partial charge < -0.3 is 10.2 Å². The van der Waals surface area contributed by atoms with Crippen LogP contribution in [0.15, 0.2) is 42.1 Å². The second-order valence-corrected chi connectivity index (χ2v) is 8.71. The summed E-state index contributed by atoms with van der Waals surface area (Å²) in [6.07, 6.45) is 21.2. The Kier molecular flexibility index (Phi) is 17.2. The molecule has 32 heavy (non-hydrogen) atoms. The van der Waals surface area contributed by atoms with Crippen molar-refractivity contribution in [3.63, 3.8) is 0 Å². The summed E-state index contributed by atoms with van der Waals surface area (Å²) < 4.78 is 0. The van der Waals surface area contributed by atoms with Crippen LogP contribution in [0.1, 0.15) is 111 Å². The van der Waals surface area contributed by atoms with Gasteiger partial charge in [0, 0.05) is 30.9 Å². The van der Waals surface area contributed by atoms with E-state index in [0.29, 0.717) is 6.42 Å². The lowest BCUT2D eigenvalue weighted by atomic mass is 10.1. The van der Waals surface area contributed by atoms with Gasteiger partial charge in [-0.15, -0.1) is 5.73 Å². The lowest BCUT2D eigenvalue weighted by Crippen LogP contribution is -2.21. The summed E-state index contributed by atoms with van der Waals surface area (Å²) in [5.74, 6) is 0.124. The first kappa shape index (κ1) is 28.0. The maximum Gasteiger partial charge on any atom is 0.224 e. The third-order valence-corrected chi connectivity index (χ3v) is 5.97. The van der Waals surface area contributed by atoms with Crippen LogP contribution in [-0.2, 0) is 4.79 Å².